The molecule has 0 radical (unpaired) electrons. The van der Waals surface area contributed by atoms with Crippen LogP contribution in [0.3, 0.4) is 0 Å². The van der Waals surface area contributed by atoms with Crippen LogP contribution in [0.2, 0.25) is 0 Å². The quantitative estimate of drug-likeness (QED) is 0.692. The maximum Gasteiger partial charge on any atom is 0.138 e. The summed E-state index contributed by atoms with van der Waals surface area (Å²) in [5, 5.41) is 0. The SMILES string of the molecule is Cc1ccc(SCc2ncc3c(n2)CCCCC3N)cc1. The molecule has 0 bridgehead atoms. The highest BCUT2D eigenvalue weighted by Gasteiger charge is 2.17. The number of aryl methyl sites for hydroxylation is 2. The van der Waals surface area contributed by atoms with Crippen LogP contribution in [0.15, 0.2) is 35.4 Å². The second-order valence-corrected chi connectivity index (χ2v) is 6.69. The predicted molar refractivity (Wildman–Crippen MR) is 87.3 cm³/mol. The van der Waals surface area contributed by atoms with Gasteiger partial charge in [-0.25, -0.2) is 9.97 Å². The number of nitrogens with zero attached hydrogens (tertiary/aromatic N) is 2. The average Bonchev–Trinajstić information content (AvgIpc) is 2.68. The molecule has 21 heavy (non-hydrogen) atoms. The van der Waals surface area contributed by atoms with E-state index in [0.717, 1.165) is 35.7 Å². The molecule has 1 atom stereocenters. The zero-order valence-electron chi connectivity index (χ0n) is 12.4. The van der Waals surface area contributed by atoms with Gasteiger partial charge in [0.25, 0.3) is 0 Å². The van der Waals surface area contributed by atoms with Crippen LogP contribution in [-0.2, 0) is 12.2 Å². The summed E-state index contributed by atoms with van der Waals surface area (Å²) in [4.78, 5) is 10.5. The van der Waals surface area contributed by atoms with Crippen molar-refractivity contribution in [3.63, 3.8) is 0 Å². The van der Waals surface area contributed by atoms with E-state index in [1.54, 1.807) is 11.8 Å². The minimum absolute atomic E-state index is 0.112. The Balaban J connectivity index is 1.71. The normalized spacial score (nSPS) is 18.1. The van der Waals surface area contributed by atoms with E-state index in [1.807, 2.05) is 6.20 Å². The molecule has 2 N–H and O–H groups in total. The van der Waals surface area contributed by atoms with E-state index in [4.69, 9.17) is 10.7 Å². The molecular formula is C17H21N3S. The minimum Gasteiger partial charge on any atom is -0.324 e. The molecule has 1 aromatic carbocycles. The molecule has 0 spiro atoms. The molecule has 0 amide bonds. The lowest BCUT2D eigenvalue weighted by Crippen LogP contribution is -2.13. The van der Waals surface area contributed by atoms with E-state index in [9.17, 15) is 0 Å². The van der Waals surface area contributed by atoms with Gasteiger partial charge in [0.1, 0.15) is 5.82 Å². The Kier molecular flexibility index (Phi) is 4.56. The molecule has 0 saturated heterocycles. The smallest absolute Gasteiger partial charge is 0.138 e. The first-order valence-corrected chi connectivity index (χ1v) is 8.50. The molecule has 0 saturated carbocycles. The van der Waals surface area contributed by atoms with Crippen molar-refractivity contribution in [2.45, 2.75) is 49.3 Å². The molecule has 0 fully saturated rings. The van der Waals surface area contributed by atoms with E-state index in [0.29, 0.717) is 0 Å². The van der Waals surface area contributed by atoms with Gasteiger partial charge in [0.2, 0.25) is 0 Å². The van der Waals surface area contributed by atoms with E-state index in [2.05, 4.69) is 36.2 Å². The Labute approximate surface area is 130 Å². The first kappa shape index (κ1) is 14.5. The molecule has 1 unspecified atom stereocenters. The van der Waals surface area contributed by atoms with Crippen molar-refractivity contribution < 1.29 is 0 Å². The van der Waals surface area contributed by atoms with Gasteiger partial charge in [-0.2, -0.15) is 0 Å². The number of nitrogens with two attached hydrogens (primary N) is 1. The van der Waals surface area contributed by atoms with Crippen molar-refractivity contribution in [2.75, 3.05) is 0 Å². The average molecular weight is 299 g/mol. The zero-order chi connectivity index (χ0) is 14.7. The van der Waals surface area contributed by atoms with E-state index in [1.165, 1.54) is 23.3 Å². The van der Waals surface area contributed by atoms with Crippen molar-refractivity contribution in [3.05, 3.63) is 53.1 Å². The lowest BCUT2D eigenvalue weighted by atomic mass is 10.1. The summed E-state index contributed by atoms with van der Waals surface area (Å²) >= 11 is 1.78. The minimum atomic E-state index is 0.112. The van der Waals surface area contributed by atoms with Gasteiger partial charge in [-0.1, -0.05) is 24.1 Å². The third-order valence-electron chi connectivity index (χ3n) is 3.92. The molecule has 1 aromatic heterocycles. The Morgan fingerprint density at radius 1 is 1.24 bits per heavy atom. The largest absolute Gasteiger partial charge is 0.324 e. The van der Waals surface area contributed by atoms with Gasteiger partial charge in [-0.05, 0) is 38.3 Å². The van der Waals surface area contributed by atoms with Gasteiger partial charge in [0.05, 0.1) is 5.75 Å². The van der Waals surface area contributed by atoms with Gasteiger partial charge >= 0.3 is 0 Å². The number of aromatic nitrogens is 2. The fourth-order valence-electron chi connectivity index (χ4n) is 2.64. The Morgan fingerprint density at radius 3 is 2.86 bits per heavy atom. The highest BCUT2D eigenvalue weighted by atomic mass is 32.2. The molecule has 0 aliphatic heterocycles. The van der Waals surface area contributed by atoms with Crippen LogP contribution in [0.25, 0.3) is 0 Å². The van der Waals surface area contributed by atoms with Gasteiger partial charge in [0, 0.05) is 28.4 Å². The van der Waals surface area contributed by atoms with E-state index in [-0.39, 0.29) is 6.04 Å². The molecule has 1 aliphatic rings. The second kappa shape index (κ2) is 6.58. The monoisotopic (exact) mass is 299 g/mol. The first-order chi connectivity index (χ1) is 10.2. The number of fused-ring (bicyclic) bond motifs is 1. The molecule has 2 aromatic rings. The van der Waals surface area contributed by atoms with Crippen LogP contribution in [-0.4, -0.2) is 9.97 Å². The second-order valence-electron chi connectivity index (χ2n) is 5.64. The highest BCUT2D eigenvalue weighted by molar-refractivity contribution is 7.98. The molecular weight excluding hydrogens is 278 g/mol. The lowest BCUT2D eigenvalue weighted by Gasteiger charge is -2.12. The summed E-state index contributed by atoms with van der Waals surface area (Å²) in [5.74, 6) is 1.72. The van der Waals surface area contributed by atoms with Crippen molar-refractivity contribution in [1.29, 1.82) is 0 Å². The van der Waals surface area contributed by atoms with Crippen molar-refractivity contribution >= 4 is 11.8 Å². The molecule has 110 valence electrons. The number of benzene rings is 1. The molecule has 1 heterocycles. The maximum atomic E-state index is 6.19. The summed E-state index contributed by atoms with van der Waals surface area (Å²) in [6.45, 7) is 2.10. The Hall–Kier alpha value is -1.39. The van der Waals surface area contributed by atoms with Crippen molar-refractivity contribution in [1.82, 2.24) is 9.97 Å². The van der Waals surface area contributed by atoms with Crippen molar-refractivity contribution in [2.24, 2.45) is 5.73 Å². The van der Waals surface area contributed by atoms with Gasteiger partial charge in [0.15, 0.2) is 0 Å². The van der Waals surface area contributed by atoms with Gasteiger partial charge in [-0.3, -0.25) is 0 Å². The molecule has 3 rings (SSSR count). The summed E-state index contributed by atoms with van der Waals surface area (Å²) in [5.41, 5.74) is 9.79. The van der Waals surface area contributed by atoms with E-state index < -0.39 is 0 Å². The summed E-state index contributed by atoms with van der Waals surface area (Å²) in [7, 11) is 0. The van der Waals surface area contributed by atoms with Crippen LogP contribution in [0.5, 0.6) is 0 Å². The summed E-state index contributed by atoms with van der Waals surface area (Å²) in [6.07, 6.45) is 6.40. The first-order valence-electron chi connectivity index (χ1n) is 7.52. The molecule has 3 nitrogen and oxygen atoms in total. The standard InChI is InChI=1S/C17H21N3S/c1-12-6-8-13(9-7-12)21-11-17-19-10-14-15(18)4-2-3-5-16(14)20-17/h6-10,15H,2-5,11,18H2,1H3. The van der Waals surface area contributed by atoms with Gasteiger partial charge < -0.3 is 5.73 Å². The predicted octanol–water partition coefficient (Wildman–Crippen LogP) is 3.80. The lowest BCUT2D eigenvalue weighted by molar-refractivity contribution is 0.614. The fourth-order valence-corrected chi connectivity index (χ4v) is 3.41. The number of rotatable bonds is 3. The van der Waals surface area contributed by atoms with Crippen LogP contribution < -0.4 is 5.73 Å². The topological polar surface area (TPSA) is 51.8 Å². The molecule has 1 aliphatic carbocycles. The highest BCUT2D eigenvalue weighted by Crippen LogP contribution is 2.27. The van der Waals surface area contributed by atoms with Crippen LogP contribution in [0.4, 0.5) is 0 Å². The Bertz CT molecular complexity index is 610. The van der Waals surface area contributed by atoms with Crippen LogP contribution in [0.1, 0.15) is 47.9 Å². The van der Waals surface area contributed by atoms with Gasteiger partial charge in [-0.15, -0.1) is 11.8 Å². The zero-order valence-corrected chi connectivity index (χ0v) is 13.2. The van der Waals surface area contributed by atoms with E-state index >= 15 is 0 Å². The number of hydrogen-bond acceptors (Lipinski definition) is 4. The summed E-state index contributed by atoms with van der Waals surface area (Å²) < 4.78 is 0. The van der Waals surface area contributed by atoms with Crippen molar-refractivity contribution in [3.8, 4) is 0 Å². The molecule has 4 heteroatoms. The third-order valence-corrected chi connectivity index (χ3v) is 4.93. The third kappa shape index (κ3) is 3.63. The summed E-state index contributed by atoms with van der Waals surface area (Å²) in [6, 6.07) is 8.69. The van der Waals surface area contributed by atoms with Crippen LogP contribution in [0, 0.1) is 6.92 Å². The van der Waals surface area contributed by atoms with Crippen LogP contribution >= 0.6 is 11.8 Å². The number of thioether (sulfide) groups is 1. The Morgan fingerprint density at radius 2 is 2.05 bits per heavy atom. The maximum absolute atomic E-state index is 6.19. The fraction of sp³-hybridized carbons (Fsp3) is 0.412. The number of hydrogen-bond donors (Lipinski definition) is 1.